The molecule has 92 valence electrons. The van der Waals surface area contributed by atoms with Crippen LogP contribution in [0.15, 0.2) is 48.5 Å². The van der Waals surface area contributed by atoms with Gasteiger partial charge >= 0.3 is 0 Å². The number of rotatable bonds is 4. The number of halogens is 2. The van der Waals surface area contributed by atoms with E-state index in [1.807, 2.05) is 18.2 Å². The molecule has 2 aromatic carbocycles. The summed E-state index contributed by atoms with van der Waals surface area (Å²) in [5, 5.41) is 0. The molecule has 2 rings (SSSR count). The molecule has 0 atom stereocenters. The van der Waals surface area contributed by atoms with E-state index in [1.165, 1.54) is 18.2 Å². The summed E-state index contributed by atoms with van der Waals surface area (Å²) >= 11 is 2.13. The lowest BCUT2D eigenvalue weighted by Crippen LogP contribution is -2.12. The molecule has 0 saturated heterocycles. The zero-order valence-electron chi connectivity index (χ0n) is 9.40. The summed E-state index contributed by atoms with van der Waals surface area (Å²) in [5.41, 5.74) is 0.320. The molecule has 0 aromatic heterocycles. The second-order valence-electron chi connectivity index (χ2n) is 3.65. The summed E-state index contributed by atoms with van der Waals surface area (Å²) in [6, 6.07) is 13.0. The molecule has 0 saturated carbocycles. The van der Waals surface area contributed by atoms with Gasteiger partial charge in [-0.15, -0.1) is 0 Å². The van der Waals surface area contributed by atoms with E-state index in [-0.39, 0.29) is 12.4 Å². The standard InChI is InChI=1S/C14H10FIO2/c15-11-5-3-4-10(8-11)13(17)9-18-14-7-2-1-6-12(14)16/h1-8H,9H2. The Morgan fingerprint density at radius 3 is 2.67 bits per heavy atom. The van der Waals surface area contributed by atoms with Gasteiger partial charge < -0.3 is 4.74 Å². The number of ketones is 1. The number of Topliss-reactive ketones (excluding diaryl/α,β-unsaturated/α-hetero) is 1. The van der Waals surface area contributed by atoms with Gasteiger partial charge in [0.25, 0.3) is 0 Å². The van der Waals surface area contributed by atoms with Crippen LogP contribution in [-0.2, 0) is 0 Å². The first kappa shape index (κ1) is 13.0. The normalized spacial score (nSPS) is 10.1. The third-order valence-corrected chi connectivity index (χ3v) is 3.23. The van der Waals surface area contributed by atoms with E-state index in [9.17, 15) is 9.18 Å². The van der Waals surface area contributed by atoms with Gasteiger partial charge in [-0.05, 0) is 46.9 Å². The second kappa shape index (κ2) is 5.95. The SMILES string of the molecule is O=C(COc1ccccc1I)c1cccc(F)c1. The number of hydrogen-bond acceptors (Lipinski definition) is 2. The Balaban J connectivity index is 2.03. The molecular formula is C14H10FIO2. The van der Waals surface area contributed by atoms with Gasteiger partial charge in [0.05, 0.1) is 3.57 Å². The van der Waals surface area contributed by atoms with Crippen molar-refractivity contribution in [3.63, 3.8) is 0 Å². The number of benzene rings is 2. The predicted molar refractivity (Wildman–Crippen MR) is 75.4 cm³/mol. The molecule has 2 aromatic rings. The van der Waals surface area contributed by atoms with Crippen molar-refractivity contribution in [2.75, 3.05) is 6.61 Å². The van der Waals surface area contributed by atoms with E-state index >= 15 is 0 Å². The first-order valence-corrected chi connectivity index (χ1v) is 6.41. The van der Waals surface area contributed by atoms with Crippen LogP contribution in [0.2, 0.25) is 0 Å². The van der Waals surface area contributed by atoms with Crippen LogP contribution in [-0.4, -0.2) is 12.4 Å². The Morgan fingerprint density at radius 2 is 1.94 bits per heavy atom. The number of para-hydroxylation sites is 1. The molecule has 18 heavy (non-hydrogen) atoms. The van der Waals surface area contributed by atoms with Gasteiger partial charge in [-0.3, -0.25) is 4.79 Å². The Morgan fingerprint density at radius 1 is 1.17 bits per heavy atom. The smallest absolute Gasteiger partial charge is 0.200 e. The van der Waals surface area contributed by atoms with Crippen LogP contribution in [0.5, 0.6) is 5.75 Å². The number of ether oxygens (including phenoxy) is 1. The minimum absolute atomic E-state index is 0.0938. The quantitative estimate of drug-likeness (QED) is 0.617. The van der Waals surface area contributed by atoms with Crippen LogP contribution < -0.4 is 4.74 Å². The Hall–Kier alpha value is -1.43. The fourth-order valence-corrected chi connectivity index (χ4v) is 1.99. The number of carbonyl (C=O) groups excluding carboxylic acids is 1. The summed E-state index contributed by atoms with van der Waals surface area (Å²) < 4.78 is 19.3. The van der Waals surface area contributed by atoms with E-state index in [0.717, 1.165) is 3.57 Å². The van der Waals surface area contributed by atoms with Gasteiger partial charge in [0.1, 0.15) is 11.6 Å². The van der Waals surface area contributed by atoms with E-state index in [2.05, 4.69) is 22.6 Å². The predicted octanol–water partition coefficient (Wildman–Crippen LogP) is 3.69. The molecule has 4 heteroatoms. The van der Waals surface area contributed by atoms with Crippen molar-refractivity contribution in [3.8, 4) is 5.75 Å². The fourth-order valence-electron chi connectivity index (χ4n) is 1.45. The van der Waals surface area contributed by atoms with Gasteiger partial charge in [-0.1, -0.05) is 24.3 Å². The largest absolute Gasteiger partial charge is 0.484 e. The van der Waals surface area contributed by atoms with E-state index < -0.39 is 5.82 Å². The van der Waals surface area contributed by atoms with Crippen molar-refractivity contribution in [1.29, 1.82) is 0 Å². The average Bonchev–Trinajstić information content (AvgIpc) is 2.37. The van der Waals surface area contributed by atoms with E-state index in [4.69, 9.17) is 4.74 Å². The first-order chi connectivity index (χ1) is 8.66. The van der Waals surface area contributed by atoms with Crippen LogP contribution >= 0.6 is 22.6 Å². The van der Waals surface area contributed by atoms with Gasteiger partial charge in [0.2, 0.25) is 0 Å². The zero-order valence-corrected chi connectivity index (χ0v) is 11.6. The Kier molecular flexibility index (Phi) is 4.30. The van der Waals surface area contributed by atoms with Crippen LogP contribution in [0.1, 0.15) is 10.4 Å². The highest BCUT2D eigenvalue weighted by Crippen LogP contribution is 2.19. The van der Waals surface area contributed by atoms with Crippen LogP contribution in [0, 0.1) is 9.39 Å². The summed E-state index contributed by atoms with van der Waals surface area (Å²) in [6.07, 6.45) is 0. The van der Waals surface area contributed by atoms with Crippen molar-refractivity contribution < 1.29 is 13.9 Å². The Labute approximate surface area is 118 Å². The molecule has 0 unspecified atom stereocenters. The summed E-state index contributed by atoms with van der Waals surface area (Å²) in [7, 11) is 0. The van der Waals surface area contributed by atoms with Crippen molar-refractivity contribution in [2.45, 2.75) is 0 Å². The maximum absolute atomic E-state index is 13.0. The molecule has 0 N–H and O–H groups in total. The third kappa shape index (κ3) is 3.29. The summed E-state index contributed by atoms with van der Waals surface area (Å²) in [4.78, 5) is 11.8. The molecular weight excluding hydrogens is 346 g/mol. The fraction of sp³-hybridized carbons (Fsp3) is 0.0714. The molecule has 0 radical (unpaired) electrons. The molecule has 2 nitrogen and oxygen atoms in total. The van der Waals surface area contributed by atoms with Crippen molar-refractivity contribution >= 4 is 28.4 Å². The molecule has 0 spiro atoms. The highest BCUT2D eigenvalue weighted by molar-refractivity contribution is 14.1. The lowest BCUT2D eigenvalue weighted by Gasteiger charge is -2.07. The highest BCUT2D eigenvalue weighted by Gasteiger charge is 2.08. The molecule has 0 fully saturated rings. The van der Waals surface area contributed by atoms with Gasteiger partial charge in [0, 0.05) is 5.56 Å². The highest BCUT2D eigenvalue weighted by atomic mass is 127. The van der Waals surface area contributed by atoms with E-state index in [0.29, 0.717) is 11.3 Å². The Bertz CT molecular complexity index is 569. The summed E-state index contributed by atoms with van der Waals surface area (Å²) in [5.74, 6) is -0.00727. The van der Waals surface area contributed by atoms with Crippen molar-refractivity contribution in [3.05, 3.63) is 63.5 Å². The molecule has 0 aliphatic carbocycles. The van der Waals surface area contributed by atoms with Crippen molar-refractivity contribution in [2.24, 2.45) is 0 Å². The van der Waals surface area contributed by atoms with Crippen LogP contribution in [0.3, 0.4) is 0 Å². The minimum Gasteiger partial charge on any atom is -0.484 e. The lowest BCUT2D eigenvalue weighted by atomic mass is 10.1. The zero-order chi connectivity index (χ0) is 13.0. The lowest BCUT2D eigenvalue weighted by molar-refractivity contribution is 0.0920. The first-order valence-electron chi connectivity index (χ1n) is 5.33. The van der Waals surface area contributed by atoms with Crippen molar-refractivity contribution in [1.82, 2.24) is 0 Å². The van der Waals surface area contributed by atoms with Gasteiger partial charge in [-0.25, -0.2) is 4.39 Å². The maximum atomic E-state index is 13.0. The average molecular weight is 356 g/mol. The molecule has 0 bridgehead atoms. The maximum Gasteiger partial charge on any atom is 0.200 e. The molecule has 0 aliphatic rings. The van der Waals surface area contributed by atoms with Crippen LogP contribution in [0.4, 0.5) is 4.39 Å². The second-order valence-corrected chi connectivity index (χ2v) is 4.81. The van der Waals surface area contributed by atoms with Gasteiger partial charge in [0.15, 0.2) is 12.4 Å². The minimum atomic E-state index is -0.421. The van der Waals surface area contributed by atoms with E-state index in [1.54, 1.807) is 12.1 Å². The number of hydrogen-bond donors (Lipinski definition) is 0. The molecule has 0 heterocycles. The molecule has 0 aliphatic heterocycles. The topological polar surface area (TPSA) is 26.3 Å². The monoisotopic (exact) mass is 356 g/mol. The van der Waals surface area contributed by atoms with Gasteiger partial charge in [-0.2, -0.15) is 0 Å². The third-order valence-electron chi connectivity index (χ3n) is 2.34. The molecule has 0 amide bonds. The number of carbonyl (C=O) groups is 1. The summed E-state index contributed by atoms with van der Waals surface area (Å²) in [6.45, 7) is -0.0938. The van der Waals surface area contributed by atoms with Crippen LogP contribution in [0.25, 0.3) is 0 Å².